The third-order valence-electron chi connectivity index (χ3n) is 2.39. The van der Waals surface area contributed by atoms with Gasteiger partial charge in [0, 0.05) is 32.0 Å². The Morgan fingerprint density at radius 3 is 3.00 bits per heavy atom. The standard InChI is InChI=1S/C9H16N3/c1-11-5-6-12(8-11)7-9-3-2-4-10-9/h2,5-6,9-10H,3-4,7-8H2,1H3. The maximum Gasteiger partial charge on any atom is 0.0891 e. The van der Waals surface area contributed by atoms with Gasteiger partial charge in [0.25, 0.3) is 0 Å². The summed E-state index contributed by atoms with van der Waals surface area (Å²) >= 11 is 0. The predicted molar refractivity (Wildman–Crippen MR) is 49.2 cm³/mol. The monoisotopic (exact) mass is 166 g/mol. The second-order valence-corrected chi connectivity index (χ2v) is 3.60. The van der Waals surface area contributed by atoms with E-state index < -0.39 is 0 Å². The molecule has 0 aromatic carbocycles. The van der Waals surface area contributed by atoms with E-state index in [9.17, 15) is 0 Å². The van der Waals surface area contributed by atoms with Crippen LogP contribution in [0.5, 0.6) is 0 Å². The van der Waals surface area contributed by atoms with Gasteiger partial charge in [0.1, 0.15) is 0 Å². The molecule has 67 valence electrons. The average Bonchev–Trinajstić information content (AvgIpc) is 2.63. The fourth-order valence-corrected chi connectivity index (χ4v) is 1.75. The minimum atomic E-state index is 0.668. The van der Waals surface area contributed by atoms with Crippen molar-refractivity contribution in [2.75, 3.05) is 26.8 Å². The minimum Gasteiger partial charge on any atom is -0.362 e. The number of nitrogens with one attached hydrogen (secondary N) is 1. The van der Waals surface area contributed by atoms with Gasteiger partial charge in [0.15, 0.2) is 0 Å². The van der Waals surface area contributed by atoms with Crippen LogP contribution >= 0.6 is 0 Å². The summed E-state index contributed by atoms with van der Waals surface area (Å²) in [6, 6.07) is 0.668. The molecule has 0 spiro atoms. The predicted octanol–water partition coefficient (Wildman–Crippen LogP) is 0.229. The van der Waals surface area contributed by atoms with Crippen molar-refractivity contribution < 1.29 is 0 Å². The van der Waals surface area contributed by atoms with E-state index in [-0.39, 0.29) is 0 Å². The molecule has 3 nitrogen and oxygen atoms in total. The molecule has 0 aromatic heterocycles. The summed E-state index contributed by atoms with van der Waals surface area (Å²) in [7, 11) is 2.10. The fourth-order valence-electron chi connectivity index (χ4n) is 1.75. The zero-order chi connectivity index (χ0) is 8.39. The van der Waals surface area contributed by atoms with E-state index in [0.717, 1.165) is 19.8 Å². The van der Waals surface area contributed by atoms with Crippen LogP contribution < -0.4 is 5.32 Å². The van der Waals surface area contributed by atoms with Crippen molar-refractivity contribution in [1.82, 2.24) is 15.1 Å². The molecule has 0 aromatic rings. The lowest BCUT2D eigenvalue weighted by molar-refractivity contribution is 0.276. The molecule has 0 aliphatic carbocycles. The molecule has 1 fully saturated rings. The van der Waals surface area contributed by atoms with Crippen LogP contribution in [0.4, 0.5) is 0 Å². The highest BCUT2D eigenvalue weighted by Gasteiger charge is 2.18. The maximum atomic E-state index is 3.45. The Bertz CT molecular complexity index is 173. The van der Waals surface area contributed by atoms with Crippen molar-refractivity contribution in [3.63, 3.8) is 0 Å². The van der Waals surface area contributed by atoms with Crippen molar-refractivity contribution in [3.8, 4) is 0 Å². The molecule has 3 heteroatoms. The third kappa shape index (κ3) is 1.72. The highest BCUT2D eigenvalue weighted by molar-refractivity contribution is 4.94. The Labute approximate surface area is 74.0 Å². The molecule has 0 bridgehead atoms. The highest BCUT2D eigenvalue weighted by Crippen LogP contribution is 2.09. The van der Waals surface area contributed by atoms with E-state index in [1.54, 1.807) is 0 Å². The quantitative estimate of drug-likeness (QED) is 0.633. The molecule has 2 aliphatic heterocycles. The van der Waals surface area contributed by atoms with Gasteiger partial charge >= 0.3 is 0 Å². The number of hydrogen-bond donors (Lipinski definition) is 1. The first-order chi connectivity index (χ1) is 5.84. The lowest BCUT2D eigenvalue weighted by atomic mass is 10.2. The molecule has 1 saturated heterocycles. The summed E-state index contributed by atoms with van der Waals surface area (Å²) in [4.78, 5) is 4.54. The second-order valence-electron chi connectivity index (χ2n) is 3.60. The van der Waals surface area contributed by atoms with Crippen LogP contribution in [0.25, 0.3) is 0 Å². The Morgan fingerprint density at radius 1 is 1.50 bits per heavy atom. The molecule has 2 rings (SSSR count). The topological polar surface area (TPSA) is 18.5 Å². The molecule has 12 heavy (non-hydrogen) atoms. The van der Waals surface area contributed by atoms with Crippen molar-refractivity contribution in [2.45, 2.75) is 12.5 Å². The van der Waals surface area contributed by atoms with Crippen LogP contribution in [0.1, 0.15) is 6.42 Å². The van der Waals surface area contributed by atoms with Crippen molar-refractivity contribution in [3.05, 3.63) is 18.8 Å². The SMILES string of the molecule is CN1C=CN(CC2C[CH]CN2)C1. The molecule has 0 amide bonds. The molecule has 2 heterocycles. The van der Waals surface area contributed by atoms with E-state index >= 15 is 0 Å². The first kappa shape index (κ1) is 7.92. The normalized spacial score (nSPS) is 28.9. The minimum absolute atomic E-state index is 0.668. The summed E-state index contributed by atoms with van der Waals surface area (Å²) in [6.45, 7) is 3.26. The van der Waals surface area contributed by atoms with Crippen molar-refractivity contribution >= 4 is 0 Å². The largest absolute Gasteiger partial charge is 0.362 e. The van der Waals surface area contributed by atoms with Gasteiger partial charge in [-0.25, -0.2) is 0 Å². The van der Waals surface area contributed by atoms with Crippen LogP contribution in [0.15, 0.2) is 12.4 Å². The number of rotatable bonds is 2. The van der Waals surface area contributed by atoms with Gasteiger partial charge in [-0.1, -0.05) is 0 Å². The zero-order valence-corrected chi connectivity index (χ0v) is 7.53. The molecule has 1 N–H and O–H groups in total. The first-order valence-electron chi connectivity index (χ1n) is 4.52. The van der Waals surface area contributed by atoms with E-state index in [4.69, 9.17) is 0 Å². The fraction of sp³-hybridized carbons (Fsp3) is 0.667. The average molecular weight is 166 g/mol. The summed E-state index contributed by atoms with van der Waals surface area (Å²) in [5.74, 6) is 0. The lowest BCUT2D eigenvalue weighted by Gasteiger charge is -2.21. The smallest absolute Gasteiger partial charge is 0.0891 e. The van der Waals surface area contributed by atoms with Crippen LogP contribution in [0.2, 0.25) is 0 Å². The van der Waals surface area contributed by atoms with Crippen LogP contribution in [-0.2, 0) is 0 Å². The van der Waals surface area contributed by atoms with Gasteiger partial charge in [0.2, 0.25) is 0 Å². The highest BCUT2D eigenvalue weighted by atomic mass is 15.3. The summed E-state index contributed by atoms with van der Waals surface area (Å²) < 4.78 is 0. The molecule has 0 saturated carbocycles. The zero-order valence-electron chi connectivity index (χ0n) is 7.53. The van der Waals surface area contributed by atoms with E-state index in [1.807, 2.05) is 0 Å². The Hall–Kier alpha value is -0.700. The molecule has 2 aliphatic rings. The van der Waals surface area contributed by atoms with Crippen molar-refractivity contribution in [2.24, 2.45) is 0 Å². The van der Waals surface area contributed by atoms with Crippen LogP contribution in [0, 0.1) is 6.42 Å². The Kier molecular flexibility index (Phi) is 2.21. The summed E-state index contributed by atoms with van der Waals surface area (Å²) in [5.41, 5.74) is 0. The summed E-state index contributed by atoms with van der Waals surface area (Å²) in [5, 5.41) is 3.45. The van der Waals surface area contributed by atoms with Gasteiger partial charge in [-0.15, -0.1) is 0 Å². The second kappa shape index (κ2) is 3.35. The molecular formula is C9H16N3. The van der Waals surface area contributed by atoms with E-state index in [0.29, 0.717) is 6.04 Å². The third-order valence-corrected chi connectivity index (χ3v) is 2.39. The Morgan fingerprint density at radius 2 is 2.42 bits per heavy atom. The lowest BCUT2D eigenvalue weighted by Crippen LogP contribution is -2.35. The van der Waals surface area contributed by atoms with Gasteiger partial charge in [-0.05, 0) is 19.4 Å². The Balaban J connectivity index is 1.76. The van der Waals surface area contributed by atoms with Crippen molar-refractivity contribution in [1.29, 1.82) is 0 Å². The van der Waals surface area contributed by atoms with E-state index in [1.165, 1.54) is 6.42 Å². The molecular weight excluding hydrogens is 150 g/mol. The van der Waals surface area contributed by atoms with Crippen LogP contribution in [-0.4, -0.2) is 42.6 Å². The van der Waals surface area contributed by atoms with Gasteiger partial charge in [-0.3, -0.25) is 0 Å². The molecule has 1 radical (unpaired) electrons. The van der Waals surface area contributed by atoms with Gasteiger partial charge < -0.3 is 15.1 Å². The van der Waals surface area contributed by atoms with Crippen LogP contribution in [0.3, 0.4) is 0 Å². The molecule has 1 atom stereocenters. The van der Waals surface area contributed by atoms with Gasteiger partial charge in [0.05, 0.1) is 6.67 Å². The summed E-state index contributed by atoms with van der Waals surface area (Å²) in [6.07, 6.45) is 7.82. The maximum absolute atomic E-state index is 3.45. The molecule has 1 unspecified atom stereocenters. The van der Waals surface area contributed by atoms with Gasteiger partial charge in [-0.2, -0.15) is 0 Å². The number of hydrogen-bond acceptors (Lipinski definition) is 3. The first-order valence-corrected chi connectivity index (χ1v) is 4.52. The van der Waals surface area contributed by atoms with E-state index in [2.05, 4.69) is 41.0 Å². The number of nitrogens with zero attached hydrogens (tertiary/aromatic N) is 2.